The molecule has 0 spiro atoms. The van der Waals surface area contributed by atoms with Gasteiger partial charge in [-0.25, -0.2) is 0 Å². The maximum Gasteiger partial charge on any atom is 0.0791 e. The van der Waals surface area contributed by atoms with Crippen LogP contribution in [0.2, 0.25) is 0 Å². The highest BCUT2D eigenvalue weighted by Gasteiger charge is 2.15. The van der Waals surface area contributed by atoms with Gasteiger partial charge < -0.3 is 10.4 Å². The van der Waals surface area contributed by atoms with Crippen molar-refractivity contribution in [2.24, 2.45) is 0 Å². The first-order valence-corrected chi connectivity index (χ1v) is 6.09. The van der Waals surface area contributed by atoms with Gasteiger partial charge in [-0.2, -0.15) is 0 Å². The van der Waals surface area contributed by atoms with Crippen molar-refractivity contribution in [2.75, 3.05) is 27.2 Å². The van der Waals surface area contributed by atoms with Crippen LogP contribution in [0.5, 0.6) is 0 Å². The van der Waals surface area contributed by atoms with Crippen LogP contribution in [0.15, 0.2) is 17.5 Å². The number of hydrogen-bond acceptors (Lipinski definition) is 4. The van der Waals surface area contributed by atoms with Gasteiger partial charge in [-0.15, -0.1) is 11.3 Å². The number of thiophene rings is 1. The lowest BCUT2D eigenvalue weighted by molar-refractivity contribution is 0.109. The van der Waals surface area contributed by atoms with Gasteiger partial charge in [0.05, 0.1) is 6.10 Å². The van der Waals surface area contributed by atoms with E-state index in [2.05, 4.69) is 34.7 Å². The molecule has 0 saturated carbocycles. The average Bonchev–Trinajstić information content (AvgIpc) is 2.69. The average molecular weight is 228 g/mol. The molecule has 0 aromatic carbocycles. The zero-order chi connectivity index (χ0) is 11.3. The largest absolute Gasteiger partial charge is 0.390 e. The molecule has 2 N–H and O–H groups in total. The van der Waals surface area contributed by atoms with Crippen LogP contribution in [-0.2, 0) is 0 Å². The zero-order valence-electron chi connectivity index (χ0n) is 9.60. The topological polar surface area (TPSA) is 35.5 Å². The van der Waals surface area contributed by atoms with Crippen molar-refractivity contribution in [3.63, 3.8) is 0 Å². The van der Waals surface area contributed by atoms with Crippen molar-refractivity contribution in [1.82, 2.24) is 10.2 Å². The summed E-state index contributed by atoms with van der Waals surface area (Å²) in [5.74, 6) is 0. The third kappa shape index (κ3) is 3.91. The van der Waals surface area contributed by atoms with E-state index in [0.29, 0.717) is 19.1 Å². The Kier molecular flexibility index (Phi) is 5.25. The number of aliphatic hydroxyl groups excluding tert-OH is 1. The molecule has 1 rings (SSSR count). The van der Waals surface area contributed by atoms with Crippen LogP contribution in [0.4, 0.5) is 0 Å². The number of hydrogen-bond donors (Lipinski definition) is 2. The molecule has 0 aliphatic rings. The van der Waals surface area contributed by atoms with Crippen molar-refractivity contribution in [2.45, 2.75) is 19.1 Å². The number of likely N-dealkylation sites (N-methyl/N-ethyl adjacent to an activating group) is 2. The highest BCUT2D eigenvalue weighted by Crippen LogP contribution is 2.23. The Hall–Kier alpha value is -0.420. The Morgan fingerprint density at radius 1 is 1.60 bits per heavy atom. The number of rotatable bonds is 6. The smallest absolute Gasteiger partial charge is 0.0791 e. The van der Waals surface area contributed by atoms with Gasteiger partial charge in [0.2, 0.25) is 0 Å². The fourth-order valence-electron chi connectivity index (χ4n) is 1.54. The van der Waals surface area contributed by atoms with Crippen LogP contribution in [0.1, 0.15) is 17.8 Å². The molecule has 86 valence electrons. The van der Waals surface area contributed by atoms with E-state index < -0.39 is 0 Å². The first-order chi connectivity index (χ1) is 7.15. The molecule has 0 radical (unpaired) electrons. The second-order valence-corrected chi connectivity index (χ2v) is 4.82. The predicted octanol–water partition coefficient (Wildman–Crippen LogP) is 1.32. The summed E-state index contributed by atoms with van der Waals surface area (Å²) in [4.78, 5) is 3.52. The summed E-state index contributed by atoms with van der Waals surface area (Å²) in [5.41, 5.74) is 0. The SMILES string of the molecule is CNCC(O)CN(C)C(C)c1cccs1. The first-order valence-electron chi connectivity index (χ1n) is 5.21. The molecule has 3 nitrogen and oxygen atoms in total. The van der Waals surface area contributed by atoms with Gasteiger partial charge in [0, 0.05) is 24.0 Å². The molecule has 4 heteroatoms. The normalized spacial score (nSPS) is 15.5. The van der Waals surface area contributed by atoms with E-state index in [9.17, 15) is 5.11 Å². The van der Waals surface area contributed by atoms with Gasteiger partial charge in [0.15, 0.2) is 0 Å². The van der Waals surface area contributed by atoms with E-state index >= 15 is 0 Å². The molecule has 0 bridgehead atoms. The van der Waals surface area contributed by atoms with E-state index in [0.717, 1.165) is 0 Å². The Morgan fingerprint density at radius 3 is 2.87 bits per heavy atom. The summed E-state index contributed by atoms with van der Waals surface area (Å²) < 4.78 is 0. The highest BCUT2D eigenvalue weighted by molar-refractivity contribution is 7.10. The number of nitrogens with one attached hydrogen (secondary N) is 1. The Labute approximate surface area is 95.7 Å². The second-order valence-electron chi connectivity index (χ2n) is 3.84. The van der Waals surface area contributed by atoms with E-state index in [4.69, 9.17) is 0 Å². The minimum atomic E-state index is -0.303. The molecular formula is C11H20N2OS. The van der Waals surface area contributed by atoms with E-state index in [-0.39, 0.29) is 6.10 Å². The maximum absolute atomic E-state index is 9.67. The molecule has 0 aliphatic heterocycles. The lowest BCUT2D eigenvalue weighted by Gasteiger charge is -2.26. The van der Waals surface area contributed by atoms with Crippen molar-refractivity contribution in [3.8, 4) is 0 Å². The molecule has 2 unspecified atom stereocenters. The summed E-state index contributed by atoms with van der Waals surface area (Å²) in [7, 11) is 3.90. The summed E-state index contributed by atoms with van der Waals surface area (Å²) in [6, 6.07) is 4.57. The Balaban J connectivity index is 2.43. The molecule has 15 heavy (non-hydrogen) atoms. The van der Waals surface area contributed by atoms with Crippen molar-refractivity contribution >= 4 is 11.3 Å². The second kappa shape index (κ2) is 6.23. The Morgan fingerprint density at radius 2 is 2.33 bits per heavy atom. The zero-order valence-corrected chi connectivity index (χ0v) is 10.4. The van der Waals surface area contributed by atoms with Crippen LogP contribution in [-0.4, -0.2) is 43.3 Å². The summed E-state index contributed by atoms with van der Waals surface area (Å²) in [6.07, 6.45) is -0.303. The van der Waals surface area contributed by atoms with Gasteiger partial charge >= 0.3 is 0 Å². The fraction of sp³-hybridized carbons (Fsp3) is 0.636. The predicted molar refractivity (Wildman–Crippen MR) is 65.3 cm³/mol. The standard InChI is InChI=1S/C11H20N2OS/c1-9(11-5-4-6-15-11)13(3)8-10(14)7-12-2/h4-6,9-10,12,14H,7-8H2,1-3H3. The summed E-state index contributed by atoms with van der Waals surface area (Å²) in [5, 5.41) is 14.7. The van der Waals surface area contributed by atoms with Gasteiger partial charge in [-0.3, -0.25) is 4.90 Å². The molecule has 1 aromatic rings. The third-order valence-corrected chi connectivity index (χ3v) is 3.60. The lowest BCUT2D eigenvalue weighted by atomic mass is 10.2. The van der Waals surface area contributed by atoms with E-state index in [1.165, 1.54) is 4.88 Å². The maximum atomic E-state index is 9.67. The molecule has 0 aliphatic carbocycles. The van der Waals surface area contributed by atoms with Crippen LogP contribution in [0, 0.1) is 0 Å². The molecule has 0 saturated heterocycles. The molecule has 1 aromatic heterocycles. The minimum Gasteiger partial charge on any atom is -0.390 e. The van der Waals surface area contributed by atoms with E-state index in [1.54, 1.807) is 11.3 Å². The molecule has 0 amide bonds. The number of aliphatic hydroxyl groups is 1. The lowest BCUT2D eigenvalue weighted by Crippen LogP contribution is -2.36. The van der Waals surface area contributed by atoms with Crippen LogP contribution in [0.25, 0.3) is 0 Å². The monoisotopic (exact) mass is 228 g/mol. The van der Waals surface area contributed by atoms with Gasteiger partial charge in [0.1, 0.15) is 0 Å². The summed E-state index contributed by atoms with van der Waals surface area (Å²) >= 11 is 1.76. The van der Waals surface area contributed by atoms with Crippen LogP contribution < -0.4 is 5.32 Å². The van der Waals surface area contributed by atoms with Crippen molar-refractivity contribution in [3.05, 3.63) is 22.4 Å². The first kappa shape index (κ1) is 12.6. The molecule has 1 heterocycles. The summed E-state index contributed by atoms with van der Waals surface area (Å²) in [6.45, 7) is 3.50. The Bertz CT molecular complexity index is 264. The van der Waals surface area contributed by atoms with E-state index in [1.807, 2.05) is 14.1 Å². The van der Waals surface area contributed by atoms with Crippen LogP contribution in [0.3, 0.4) is 0 Å². The highest BCUT2D eigenvalue weighted by atomic mass is 32.1. The van der Waals surface area contributed by atoms with Crippen molar-refractivity contribution < 1.29 is 5.11 Å². The molecule has 0 fully saturated rings. The fourth-order valence-corrected chi connectivity index (χ4v) is 2.39. The van der Waals surface area contributed by atoms with Crippen LogP contribution >= 0.6 is 11.3 Å². The molecule has 2 atom stereocenters. The quantitative estimate of drug-likeness (QED) is 0.771. The molecular weight excluding hydrogens is 208 g/mol. The van der Waals surface area contributed by atoms with Crippen molar-refractivity contribution in [1.29, 1.82) is 0 Å². The van der Waals surface area contributed by atoms with Gasteiger partial charge in [-0.1, -0.05) is 6.07 Å². The number of nitrogens with zero attached hydrogens (tertiary/aromatic N) is 1. The van der Waals surface area contributed by atoms with Gasteiger partial charge in [-0.05, 0) is 32.5 Å². The van der Waals surface area contributed by atoms with Gasteiger partial charge in [0.25, 0.3) is 0 Å². The third-order valence-electron chi connectivity index (χ3n) is 2.55. The minimum absolute atomic E-state index is 0.303.